The average Bonchev–Trinajstić information content (AvgIpc) is 1.59. The molecular weight excluding hydrogens is 1510 g/mol. The molecule has 0 fully saturated rings. The van der Waals surface area contributed by atoms with Gasteiger partial charge in [0.25, 0.3) is 17.7 Å². The number of ether oxygens (including phenoxy) is 6. The number of nitrogens with zero attached hydrogens (tertiary/aromatic N) is 6. The van der Waals surface area contributed by atoms with Gasteiger partial charge in [0.05, 0.1) is 86.2 Å². The van der Waals surface area contributed by atoms with E-state index in [1.54, 1.807) is 95.6 Å². The first-order chi connectivity index (χ1) is 53.9. The number of fused-ring (bicyclic) bond motifs is 8. The fourth-order valence-corrected chi connectivity index (χ4v) is 15.4. The van der Waals surface area contributed by atoms with Crippen molar-refractivity contribution in [2.75, 3.05) is 52.1 Å². The van der Waals surface area contributed by atoms with Crippen molar-refractivity contribution in [1.82, 2.24) is 19.6 Å². The molecule has 24 nitrogen and oxygen atoms in total. The Kier molecular flexibility index (Phi) is 25.7. The van der Waals surface area contributed by atoms with E-state index in [1.165, 1.54) is 29.2 Å². The van der Waals surface area contributed by atoms with Gasteiger partial charge in [0.1, 0.15) is 27.4 Å². The van der Waals surface area contributed by atoms with E-state index in [0.717, 1.165) is 50.1 Å². The van der Waals surface area contributed by atoms with Crippen molar-refractivity contribution in [2.24, 2.45) is 9.98 Å². The van der Waals surface area contributed by atoms with E-state index in [4.69, 9.17) is 62.5 Å². The third-order valence-corrected chi connectivity index (χ3v) is 21.5. The van der Waals surface area contributed by atoms with Crippen molar-refractivity contribution in [1.29, 1.82) is 0 Å². The molecule has 28 heteroatoms. The van der Waals surface area contributed by atoms with Gasteiger partial charge >= 0.3 is 69.7 Å². The van der Waals surface area contributed by atoms with Crippen LogP contribution in [0.3, 0.4) is 0 Å². The summed E-state index contributed by atoms with van der Waals surface area (Å²) in [6.07, 6.45) is 20.8. The molecular formula is C86H78N8Na2O16S2. The minimum atomic E-state index is -4.92. The van der Waals surface area contributed by atoms with Crippen molar-refractivity contribution in [3.63, 3.8) is 0 Å². The number of nitrogens with two attached hydrogens (primary N) is 2. The second-order valence-electron chi connectivity index (χ2n) is 28.0. The molecule has 0 saturated carbocycles. The topological polar surface area (TPSA) is 322 Å². The van der Waals surface area contributed by atoms with E-state index >= 15 is 0 Å². The number of carbonyl (C=O) groups is 4. The van der Waals surface area contributed by atoms with Gasteiger partial charge in [-0.05, 0) is 168 Å². The van der Waals surface area contributed by atoms with Crippen LogP contribution < -0.4 is 99.0 Å². The summed E-state index contributed by atoms with van der Waals surface area (Å²) < 4.78 is 98.9. The Bertz CT molecular complexity index is 5650. The maximum Gasteiger partial charge on any atom is 1.00 e. The Hall–Kier alpha value is -10.7. The molecule has 0 bridgehead atoms. The summed E-state index contributed by atoms with van der Waals surface area (Å²) in [4.78, 5) is 70.5. The molecule has 0 aliphatic carbocycles. The molecule has 0 spiro atoms. The maximum atomic E-state index is 13.9. The molecule has 572 valence electrons. The van der Waals surface area contributed by atoms with Gasteiger partial charge in [-0.2, -0.15) is 5.56 Å². The van der Waals surface area contributed by atoms with Crippen LogP contribution in [0.15, 0.2) is 185 Å². The number of nitrogen functional groups attached to an aromatic ring is 2. The van der Waals surface area contributed by atoms with Gasteiger partial charge in [0, 0.05) is 98.4 Å². The van der Waals surface area contributed by atoms with Gasteiger partial charge in [-0.1, -0.05) is 90.0 Å². The Morgan fingerprint density at radius 3 is 1.32 bits per heavy atom. The van der Waals surface area contributed by atoms with Crippen LogP contribution >= 0.6 is 0 Å². The van der Waals surface area contributed by atoms with E-state index in [0.29, 0.717) is 130 Å². The van der Waals surface area contributed by atoms with Crippen LogP contribution in [0.5, 0.6) is 34.5 Å². The van der Waals surface area contributed by atoms with Crippen molar-refractivity contribution in [3.8, 4) is 34.5 Å². The number of hydrogen-bond donors (Lipinski definition) is 2. The van der Waals surface area contributed by atoms with Gasteiger partial charge in [0.15, 0.2) is 17.2 Å². The number of aliphatic imine (C=N–C) groups is 2. The van der Waals surface area contributed by atoms with Crippen molar-refractivity contribution < 1.29 is 132 Å². The van der Waals surface area contributed by atoms with Crippen molar-refractivity contribution >= 4 is 114 Å². The van der Waals surface area contributed by atoms with Crippen molar-refractivity contribution in [2.45, 2.75) is 90.4 Å². The zero-order valence-corrected chi connectivity index (χ0v) is 69.7. The first-order valence-corrected chi connectivity index (χ1v) is 38.6. The van der Waals surface area contributed by atoms with Gasteiger partial charge in [-0.15, -0.1) is 12.6 Å². The summed E-state index contributed by atoms with van der Waals surface area (Å²) >= 11 is 0. The molecule has 4 atom stereocenters. The molecule has 8 aliphatic rings. The minimum absolute atomic E-state index is 0. The van der Waals surface area contributed by atoms with E-state index in [-0.39, 0.29) is 131 Å². The maximum absolute atomic E-state index is 13.9. The molecule has 0 unspecified atom stereocenters. The first-order valence-electron chi connectivity index (χ1n) is 36.2. The largest absolute Gasteiger partial charge is 1.00 e. The van der Waals surface area contributed by atoms with Crippen LogP contribution in [0.1, 0.15) is 136 Å². The van der Waals surface area contributed by atoms with Crippen LogP contribution in [0.4, 0.5) is 22.7 Å². The molecule has 0 aromatic heterocycles. The Balaban J connectivity index is 0.000000199. The molecule has 8 aromatic rings. The molecule has 8 heterocycles. The quantitative estimate of drug-likeness (QED) is 0.0258. The Morgan fingerprint density at radius 2 is 0.833 bits per heavy atom. The number of aryl methyl sites for hydroxylation is 4. The normalized spacial score (nSPS) is 17.8. The smallest absolute Gasteiger partial charge is 0.744 e. The van der Waals surface area contributed by atoms with E-state index in [9.17, 15) is 32.1 Å². The summed E-state index contributed by atoms with van der Waals surface area (Å²) in [5.41, 5.74) is 28.7. The van der Waals surface area contributed by atoms with E-state index in [2.05, 4.69) is 61.5 Å². The molecule has 4 N–H and O–H groups in total. The summed E-state index contributed by atoms with van der Waals surface area (Å²) in [6.45, 7) is 9.06. The standard InChI is InChI=1S/C44H40N3O8S.C42H39N5O5.2Na.O3S/c1-26-5-7-28(8-6-26)32-18-35-14-11-30-20-41(40(53-3)23-37(30)43(48)46(35)24-32)55-16-4-15-54-39-21-31-22-42(56(50,51)52)38-19-33(29-9-12-34(45)13-10-29)25-47(38)44(49)36(31)17-27(39)2;1-25-5-7-27(8-6-25)29-16-33-22-45-37-20-40(39(50-3)18-35(37)42(49)47(33)23-29)52-14-4-13-51-38-19-36-34(15-26(38)2)41(48)46-24-30(17-32(46)21-44-36)28-9-11-31(43)12-10-28;;;1-4(2)3/h5-13,17,20-25,35,38H,4,15-16,18-19,45H2,1-3H3,(H,50,51,52);5-12,15,18-24,32-33H,4,13-14,16-17,43H2,1-3H3;;;/q-1;;2*+1;/p-1/t35-,38+;32-,33-;;;/m10.../s1. The second-order valence-corrected chi connectivity index (χ2v) is 29.8. The van der Waals surface area contributed by atoms with Crippen LogP contribution in [-0.4, -0.2) is 146 Å². The molecule has 8 aliphatic heterocycles. The zero-order chi connectivity index (χ0) is 78.8. The fourth-order valence-electron chi connectivity index (χ4n) is 14.6. The minimum Gasteiger partial charge on any atom is -0.744 e. The number of carbonyl (C=O) groups excluding carboxylic acids is 4. The Morgan fingerprint density at radius 1 is 0.465 bits per heavy atom. The number of rotatable bonds is 19. The van der Waals surface area contributed by atoms with Crippen molar-refractivity contribution in [3.05, 3.63) is 259 Å². The number of benzene rings is 8. The zero-order valence-electron chi connectivity index (χ0n) is 64.0. The summed E-state index contributed by atoms with van der Waals surface area (Å²) in [7, 11) is -4.95. The number of amides is 4. The molecule has 0 radical (unpaired) electrons. The van der Waals surface area contributed by atoms with Crippen LogP contribution in [0.25, 0.3) is 34.4 Å². The summed E-state index contributed by atoms with van der Waals surface area (Å²) in [6, 6.07) is 43.7. The molecule has 114 heavy (non-hydrogen) atoms. The predicted molar refractivity (Wildman–Crippen MR) is 425 cm³/mol. The van der Waals surface area contributed by atoms with Gasteiger partial charge in [-0.25, -0.2) is 14.5 Å². The summed E-state index contributed by atoms with van der Waals surface area (Å²) in [5.74, 6) is 2.20. The van der Waals surface area contributed by atoms with Crippen LogP contribution in [0.2, 0.25) is 0 Å². The first kappa shape index (κ1) is 82.8. The van der Waals surface area contributed by atoms with Gasteiger partial charge in [-0.3, -0.25) is 35.2 Å². The van der Waals surface area contributed by atoms with Gasteiger partial charge in [0.2, 0.25) is 5.91 Å². The summed E-state index contributed by atoms with van der Waals surface area (Å²) in [5, 5.41) is 0. The molecule has 0 saturated heterocycles. The third-order valence-electron chi connectivity index (χ3n) is 20.5. The van der Waals surface area contributed by atoms with Gasteiger partial charge < -0.3 is 64.0 Å². The average molecular weight is 1590 g/mol. The molecule has 16 rings (SSSR count). The number of hydrogen-bond acceptors (Lipinski definition) is 20. The second kappa shape index (κ2) is 35.4. The predicted octanol–water partition coefficient (Wildman–Crippen LogP) is 7.67. The Labute approximate surface area is 706 Å². The van der Waals surface area contributed by atoms with E-state index < -0.39 is 32.7 Å². The van der Waals surface area contributed by atoms with Crippen LogP contribution in [-0.2, 0) is 20.7 Å². The van der Waals surface area contributed by atoms with E-state index in [1.807, 2.05) is 87.4 Å². The SMILES string of the molecule is COc1cc2c(cc1OCCCOc1cc3c(cc1C)C(=O)N1C=C(c4ccc(N)cc4)C[C@H]1C(S(=O)(=O)[O-])=C3)C=[C-][C@@H]1CC(c3ccc(C)cc3)=CN1C2=O.COc1cc2c(cc1OCCCOc1cc3c(cc1C)C(=O)N1C=C(c4ccc(N)cc4)C[C@H]1C=N3)N=C[C@@H]1CC(c3ccc(C)cc3)=CN1C2=O.O=S(=O)=O.[Na+].[Na+]. The molecule has 8 aromatic carbocycles. The third kappa shape index (κ3) is 18.0. The monoisotopic (exact) mass is 1590 g/mol. The fraction of sp³-hybridized carbons (Fsp3) is 0.233. The molecule has 4 amide bonds. The van der Waals surface area contributed by atoms with Crippen LogP contribution in [0, 0.1) is 33.8 Å². The number of methoxy groups -OCH3 is 2. The number of anilines is 2.